The van der Waals surface area contributed by atoms with Crippen LogP contribution in [0.25, 0.3) is 4.96 Å². The molecule has 1 aromatic carbocycles. The number of aromatic nitrogens is 3. The van der Waals surface area contributed by atoms with Crippen LogP contribution in [0, 0.1) is 11.7 Å². The van der Waals surface area contributed by atoms with Crippen molar-refractivity contribution in [1.29, 1.82) is 0 Å². The number of hydrogen-bond donors (Lipinski definition) is 1. The number of esters is 1. The van der Waals surface area contributed by atoms with Gasteiger partial charge in [0.05, 0.1) is 23.4 Å². The molecule has 4 rings (SSSR count). The SMILES string of the molecule is CCOC(=O)[C@H]1CCCN([C@H](c2cccc(F)c2)c2sc3nc(CC)nn3c2O)C1. The summed E-state index contributed by atoms with van der Waals surface area (Å²) in [4.78, 5) is 20.2. The average Bonchev–Trinajstić information content (AvgIpc) is 3.28. The molecule has 1 saturated heterocycles. The van der Waals surface area contributed by atoms with Gasteiger partial charge in [-0.1, -0.05) is 30.4 Å². The number of aryl methyl sites for hydroxylation is 1. The van der Waals surface area contributed by atoms with Crippen LogP contribution in [0.15, 0.2) is 24.3 Å². The van der Waals surface area contributed by atoms with Crippen LogP contribution in [-0.4, -0.2) is 50.3 Å². The molecule has 0 amide bonds. The highest BCUT2D eigenvalue weighted by atomic mass is 32.1. The number of fused-ring (bicyclic) bond motifs is 1. The number of nitrogens with zero attached hydrogens (tertiary/aromatic N) is 4. The van der Waals surface area contributed by atoms with Gasteiger partial charge in [0, 0.05) is 13.0 Å². The van der Waals surface area contributed by atoms with Gasteiger partial charge in [-0.15, -0.1) is 5.10 Å². The van der Waals surface area contributed by atoms with Gasteiger partial charge in [-0.3, -0.25) is 9.69 Å². The van der Waals surface area contributed by atoms with Crippen molar-refractivity contribution in [2.24, 2.45) is 5.92 Å². The first-order valence-corrected chi connectivity index (χ1v) is 11.1. The first-order valence-electron chi connectivity index (χ1n) is 10.2. The Morgan fingerprint density at radius 3 is 2.97 bits per heavy atom. The zero-order valence-corrected chi connectivity index (χ0v) is 17.9. The number of thiazole rings is 1. The second-order valence-electron chi connectivity index (χ2n) is 7.41. The van der Waals surface area contributed by atoms with Gasteiger partial charge < -0.3 is 9.84 Å². The predicted octanol–water partition coefficient (Wildman–Crippen LogP) is 3.56. The van der Waals surface area contributed by atoms with Gasteiger partial charge in [0.2, 0.25) is 10.8 Å². The molecule has 1 aliphatic heterocycles. The number of likely N-dealkylation sites (tertiary alicyclic amines) is 1. The van der Waals surface area contributed by atoms with Crippen LogP contribution in [-0.2, 0) is 16.0 Å². The van der Waals surface area contributed by atoms with Crippen molar-refractivity contribution in [3.05, 3.63) is 46.3 Å². The lowest BCUT2D eigenvalue weighted by Gasteiger charge is -2.37. The number of hydrogen-bond acceptors (Lipinski definition) is 7. The Balaban J connectivity index is 1.75. The molecular weight excluding hydrogens is 407 g/mol. The van der Waals surface area contributed by atoms with E-state index in [1.807, 2.05) is 13.0 Å². The number of benzene rings is 1. The van der Waals surface area contributed by atoms with Gasteiger partial charge in [0.1, 0.15) is 5.82 Å². The van der Waals surface area contributed by atoms with E-state index in [1.54, 1.807) is 13.0 Å². The highest BCUT2D eigenvalue weighted by molar-refractivity contribution is 7.17. The Bertz CT molecular complexity index is 1050. The number of halogens is 1. The van der Waals surface area contributed by atoms with Crippen LogP contribution >= 0.6 is 11.3 Å². The first kappa shape index (κ1) is 20.7. The van der Waals surface area contributed by atoms with E-state index in [-0.39, 0.29) is 23.6 Å². The lowest BCUT2D eigenvalue weighted by molar-refractivity contribution is -0.150. The third kappa shape index (κ3) is 3.91. The van der Waals surface area contributed by atoms with Crippen molar-refractivity contribution in [2.75, 3.05) is 19.7 Å². The third-order valence-corrected chi connectivity index (χ3v) is 6.48. The van der Waals surface area contributed by atoms with Crippen LogP contribution in [0.5, 0.6) is 5.88 Å². The minimum atomic E-state index is -0.406. The van der Waals surface area contributed by atoms with Crippen molar-refractivity contribution in [1.82, 2.24) is 19.5 Å². The Kier molecular flexibility index (Phi) is 6.01. The number of aromatic hydroxyl groups is 1. The van der Waals surface area contributed by atoms with Crippen LogP contribution < -0.4 is 0 Å². The standard InChI is InChI=1S/C21H25FN4O3S/c1-3-16-23-21-26(24-16)19(27)18(30-21)17(13-7-5-9-15(22)11-13)25-10-6-8-14(12-25)20(28)29-4-2/h5,7,9,11,14,17,27H,3-4,6,8,10,12H2,1-2H3/t14-,17+/m0/s1. The zero-order valence-electron chi connectivity index (χ0n) is 17.0. The number of rotatable bonds is 6. The molecule has 9 heteroatoms. The molecule has 0 saturated carbocycles. The van der Waals surface area contributed by atoms with Crippen molar-refractivity contribution in [3.8, 4) is 5.88 Å². The van der Waals surface area contributed by atoms with E-state index in [4.69, 9.17) is 4.74 Å². The summed E-state index contributed by atoms with van der Waals surface area (Å²) >= 11 is 1.34. The molecule has 1 N–H and O–H groups in total. The van der Waals surface area contributed by atoms with E-state index < -0.39 is 6.04 Å². The summed E-state index contributed by atoms with van der Waals surface area (Å²) in [6.45, 7) is 5.30. The highest BCUT2D eigenvalue weighted by Gasteiger charge is 2.35. The summed E-state index contributed by atoms with van der Waals surface area (Å²) < 4.78 is 20.7. The Labute approximate surface area is 178 Å². The molecule has 30 heavy (non-hydrogen) atoms. The Morgan fingerprint density at radius 1 is 1.43 bits per heavy atom. The van der Waals surface area contributed by atoms with Gasteiger partial charge in [-0.2, -0.15) is 4.52 Å². The van der Waals surface area contributed by atoms with E-state index in [9.17, 15) is 14.3 Å². The van der Waals surface area contributed by atoms with Gasteiger partial charge >= 0.3 is 5.97 Å². The topological polar surface area (TPSA) is 80.0 Å². The summed E-state index contributed by atoms with van der Waals surface area (Å²) in [6, 6.07) is 5.97. The summed E-state index contributed by atoms with van der Waals surface area (Å²) in [5.74, 6) is -0.130. The molecule has 160 valence electrons. The quantitative estimate of drug-likeness (QED) is 0.600. The van der Waals surface area contributed by atoms with Gasteiger partial charge in [0.25, 0.3) is 0 Å². The number of carbonyl (C=O) groups is 1. The number of piperidine rings is 1. The normalized spacial score (nSPS) is 18.6. The maximum Gasteiger partial charge on any atom is 0.310 e. The van der Waals surface area contributed by atoms with Gasteiger partial charge in [-0.25, -0.2) is 9.37 Å². The van der Waals surface area contributed by atoms with Gasteiger partial charge in [0.15, 0.2) is 5.82 Å². The summed E-state index contributed by atoms with van der Waals surface area (Å²) in [7, 11) is 0. The molecule has 1 fully saturated rings. The second-order valence-corrected chi connectivity index (χ2v) is 8.42. The molecule has 1 aliphatic rings. The summed E-state index contributed by atoms with van der Waals surface area (Å²) in [5.41, 5.74) is 0.718. The van der Waals surface area contributed by atoms with E-state index in [1.165, 1.54) is 28.0 Å². The van der Waals surface area contributed by atoms with E-state index in [2.05, 4.69) is 15.0 Å². The molecule has 0 spiro atoms. The lowest BCUT2D eigenvalue weighted by Crippen LogP contribution is -2.41. The van der Waals surface area contributed by atoms with Crippen LogP contribution in [0.2, 0.25) is 0 Å². The summed E-state index contributed by atoms with van der Waals surface area (Å²) in [5, 5.41) is 15.3. The molecule has 3 heterocycles. The van der Waals surface area contributed by atoms with Crippen LogP contribution in [0.3, 0.4) is 0 Å². The molecule has 0 unspecified atom stereocenters. The fourth-order valence-corrected chi connectivity index (χ4v) is 5.15. The Morgan fingerprint density at radius 2 is 2.27 bits per heavy atom. The number of ether oxygens (including phenoxy) is 1. The molecular formula is C21H25FN4O3S. The fourth-order valence-electron chi connectivity index (χ4n) is 4.02. The highest BCUT2D eigenvalue weighted by Crippen LogP contribution is 2.41. The van der Waals surface area contributed by atoms with E-state index in [0.29, 0.717) is 35.2 Å². The summed E-state index contributed by atoms with van der Waals surface area (Å²) in [6.07, 6.45) is 2.24. The van der Waals surface area contributed by atoms with Crippen molar-refractivity contribution in [3.63, 3.8) is 0 Å². The number of carbonyl (C=O) groups excluding carboxylic acids is 1. The minimum absolute atomic E-state index is 0.00900. The van der Waals surface area contributed by atoms with Crippen LogP contribution in [0.1, 0.15) is 49.0 Å². The van der Waals surface area contributed by atoms with Crippen molar-refractivity contribution >= 4 is 22.3 Å². The van der Waals surface area contributed by atoms with Gasteiger partial charge in [-0.05, 0) is 44.0 Å². The third-order valence-electron chi connectivity index (χ3n) is 5.41. The predicted molar refractivity (Wildman–Crippen MR) is 111 cm³/mol. The van der Waals surface area contributed by atoms with E-state index in [0.717, 1.165) is 24.9 Å². The molecule has 3 aromatic rings. The first-order chi connectivity index (χ1) is 14.5. The van der Waals surface area contributed by atoms with Crippen molar-refractivity contribution in [2.45, 2.75) is 39.2 Å². The molecule has 0 radical (unpaired) electrons. The molecule has 2 atom stereocenters. The molecule has 2 aromatic heterocycles. The fraction of sp³-hybridized carbons (Fsp3) is 0.476. The van der Waals surface area contributed by atoms with Crippen molar-refractivity contribution < 1.29 is 19.0 Å². The van der Waals surface area contributed by atoms with Crippen LogP contribution in [0.4, 0.5) is 4.39 Å². The minimum Gasteiger partial charge on any atom is -0.492 e. The second kappa shape index (κ2) is 8.69. The smallest absolute Gasteiger partial charge is 0.310 e. The zero-order chi connectivity index (χ0) is 21.3. The van der Waals surface area contributed by atoms with E-state index >= 15 is 0 Å². The maximum atomic E-state index is 14.1. The average molecular weight is 433 g/mol. The maximum absolute atomic E-state index is 14.1. The Hall–Kier alpha value is -2.52. The molecule has 0 bridgehead atoms. The lowest BCUT2D eigenvalue weighted by atomic mass is 9.94. The largest absolute Gasteiger partial charge is 0.492 e. The molecule has 7 nitrogen and oxygen atoms in total. The monoisotopic (exact) mass is 432 g/mol. The molecule has 0 aliphatic carbocycles.